The zero-order valence-electron chi connectivity index (χ0n) is 23.9. The van der Waals surface area contributed by atoms with E-state index in [2.05, 4.69) is 5.32 Å². The third-order valence-electron chi connectivity index (χ3n) is 6.23. The van der Waals surface area contributed by atoms with E-state index in [0.29, 0.717) is 15.6 Å². The number of halogens is 2. The number of methoxy groups -OCH3 is 1. The fourth-order valence-corrected chi connectivity index (χ4v) is 6.02. The number of nitrogens with zero attached hydrogens (tertiary/aromatic N) is 2. The summed E-state index contributed by atoms with van der Waals surface area (Å²) in [4.78, 5) is 28.7. The molecule has 0 aliphatic heterocycles. The lowest BCUT2D eigenvalue weighted by molar-refractivity contribution is -0.140. The number of benzene rings is 3. The summed E-state index contributed by atoms with van der Waals surface area (Å²) in [7, 11) is -2.80. The predicted octanol–water partition coefficient (Wildman–Crippen LogP) is 5.84. The lowest BCUT2D eigenvalue weighted by Gasteiger charge is -2.34. The topological polar surface area (TPSA) is 96.0 Å². The number of aryl methyl sites for hydroxylation is 1. The Kier molecular flexibility index (Phi) is 10.3. The molecule has 0 aliphatic carbocycles. The van der Waals surface area contributed by atoms with Crippen molar-refractivity contribution >= 4 is 50.7 Å². The Morgan fingerprint density at radius 3 is 2.24 bits per heavy atom. The van der Waals surface area contributed by atoms with Gasteiger partial charge in [-0.25, -0.2) is 8.42 Å². The van der Waals surface area contributed by atoms with Gasteiger partial charge in [0.05, 0.1) is 17.7 Å². The minimum Gasteiger partial charge on any atom is -0.495 e. The second-order valence-corrected chi connectivity index (χ2v) is 13.4. The number of anilines is 1. The summed E-state index contributed by atoms with van der Waals surface area (Å²) in [6.45, 7) is 8.24. The molecular formula is C30H35Cl2N3O5S. The molecule has 0 spiro atoms. The highest BCUT2D eigenvalue weighted by atomic mass is 35.5. The van der Waals surface area contributed by atoms with E-state index in [-0.39, 0.29) is 22.9 Å². The van der Waals surface area contributed by atoms with Crippen molar-refractivity contribution in [3.05, 3.63) is 87.9 Å². The van der Waals surface area contributed by atoms with Crippen LogP contribution in [0.3, 0.4) is 0 Å². The molecule has 220 valence electrons. The van der Waals surface area contributed by atoms with Crippen molar-refractivity contribution in [1.29, 1.82) is 0 Å². The average molecular weight is 621 g/mol. The molecule has 0 radical (unpaired) electrons. The number of ether oxygens (including phenoxy) is 1. The highest BCUT2D eigenvalue weighted by Crippen LogP contribution is 2.34. The van der Waals surface area contributed by atoms with Crippen molar-refractivity contribution < 1.29 is 22.7 Å². The van der Waals surface area contributed by atoms with Crippen molar-refractivity contribution in [3.8, 4) is 5.75 Å². The van der Waals surface area contributed by atoms with Crippen LogP contribution < -0.4 is 14.4 Å². The van der Waals surface area contributed by atoms with Crippen molar-refractivity contribution in [2.45, 2.75) is 57.6 Å². The normalized spacial score (nSPS) is 12.4. The molecule has 3 rings (SSSR count). The average Bonchev–Trinajstić information content (AvgIpc) is 2.90. The highest BCUT2D eigenvalue weighted by molar-refractivity contribution is 7.92. The second-order valence-electron chi connectivity index (χ2n) is 10.7. The molecule has 1 N–H and O–H groups in total. The van der Waals surface area contributed by atoms with Crippen LogP contribution >= 0.6 is 23.2 Å². The van der Waals surface area contributed by atoms with Crippen molar-refractivity contribution in [2.24, 2.45) is 0 Å². The summed E-state index contributed by atoms with van der Waals surface area (Å²) in [6.07, 6.45) is 0. The molecule has 2 amide bonds. The smallest absolute Gasteiger partial charge is 0.264 e. The van der Waals surface area contributed by atoms with Gasteiger partial charge in [-0.05, 0) is 82.1 Å². The third-order valence-corrected chi connectivity index (χ3v) is 8.60. The summed E-state index contributed by atoms with van der Waals surface area (Å²) >= 11 is 12.5. The van der Waals surface area contributed by atoms with Gasteiger partial charge in [-0.3, -0.25) is 13.9 Å². The van der Waals surface area contributed by atoms with E-state index in [1.165, 1.54) is 24.1 Å². The monoisotopic (exact) mass is 619 g/mol. The molecule has 0 saturated heterocycles. The van der Waals surface area contributed by atoms with Gasteiger partial charge in [0.1, 0.15) is 18.3 Å². The standard InChI is InChI=1S/C30H35Cl2N3O5S/c1-20-12-15-27(40-6)26(16-20)35(41(38,39)24-10-8-7-9-11-24)19-28(36)34(21(2)29(37)33-30(3,4)5)18-22-13-14-23(31)17-25(22)32/h7-17,21H,18-19H2,1-6H3,(H,33,37)/t21-/m1/s1. The van der Waals surface area contributed by atoms with Crippen LogP contribution in [0, 0.1) is 6.92 Å². The number of amides is 2. The van der Waals surface area contributed by atoms with Crippen LogP contribution in [0.15, 0.2) is 71.6 Å². The van der Waals surface area contributed by atoms with Gasteiger partial charge in [0.15, 0.2) is 0 Å². The first kappa shape index (κ1) is 32.2. The van der Waals surface area contributed by atoms with Crippen molar-refractivity contribution in [1.82, 2.24) is 10.2 Å². The third kappa shape index (κ3) is 8.15. The molecule has 1 atom stereocenters. The van der Waals surface area contributed by atoms with Crippen LogP contribution in [0.4, 0.5) is 5.69 Å². The maximum absolute atomic E-state index is 14.1. The van der Waals surface area contributed by atoms with E-state index in [0.717, 1.165) is 9.87 Å². The van der Waals surface area contributed by atoms with Crippen molar-refractivity contribution in [2.75, 3.05) is 18.0 Å². The number of rotatable bonds is 10. The lowest BCUT2D eigenvalue weighted by atomic mass is 10.1. The lowest BCUT2D eigenvalue weighted by Crippen LogP contribution is -2.54. The molecule has 0 heterocycles. The highest BCUT2D eigenvalue weighted by Gasteiger charge is 2.34. The maximum atomic E-state index is 14.1. The summed E-state index contributed by atoms with van der Waals surface area (Å²) < 4.78 is 34.5. The van der Waals surface area contributed by atoms with Crippen LogP contribution in [0.25, 0.3) is 0 Å². The van der Waals surface area contributed by atoms with Gasteiger partial charge in [-0.15, -0.1) is 0 Å². The number of hydrogen-bond donors (Lipinski definition) is 1. The fraction of sp³-hybridized carbons (Fsp3) is 0.333. The Balaban J connectivity index is 2.12. The Morgan fingerprint density at radius 1 is 1.00 bits per heavy atom. The van der Waals surface area contributed by atoms with E-state index in [1.807, 2.05) is 27.7 Å². The predicted molar refractivity (Wildman–Crippen MR) is 163 cm³/mol. The second kappa shape index (κ2) is 13.1. The molecule has 11 heteroatoms. The first-order valence-electron chi connectivity index (χ1n) is 12.9. The number of carbonyl (C=O) groups is 2. The Morgan fingerprint density at radius 2 is 1.66 bits per heavy atom. The molecule has 0 saturated carbocycles. The Labute approximate surface area is 252 Å². The van der Waals surface area contributed by atoms with Gasteiger partial charge in [0.2, 0.25) is 11.8 Å². The largest absolute Gasteiger partial charge is 0.495 e. The van der Waals surface area contributed by atoms with Gasteiger partial charge >= 0.3 is 0 Å². The zero-order valence-corrected chi connectivity index (χ0v) is 26.3. The molecule has 0 unspecified atom stereocenters. The summed E-state index contributed by atoms with van der Waals surface area (Å²) in [5.74, 6) is -0.745. The molecule has 41 heavy (non-hydrogen) atoms. The van der Waals surface area contributed by atoms with E-state index >= 15 is 0 Å². The number of carbonyl (C=O) groups excluding carboxylic acids is 2. The summed E-state index contributed by atoms with van der Waals surface area (Å²) in [5.41, 5.74) is 0.950. The SMILES string of the molecule is COc1ccc(C)cc1N(CC(=O)N(Cc1ccc(Cl)cc1Cl)[C@H](C)C(=O)NC(C)(C)C)S(=O)(=O)c1ccccc1. The van der Waals surface area contributed by atoms with E-state index in [1.54, 1.807) is 61.5 Å². The van der Waals surface area contributed by atoms with Crippen LogP contribution in [-0.2, 0) is 26.2 Å². The van der Waals surface area contributed by atoms with Crippen LogP contribution in [-0.4, -0.2) is 50.4 Å². The molecular weight excluding hydrogens is 585 g/mol. The minimum absolute atomic E-state index is 0.00202. The zero-order chi connectivity index (χ0) is 30.5. The Hall–Kier alpha value is -3.27. The van der Waals surface area contributed by atoms with Gasteiger partial charge < -0.3 is 15.0 Å². The van der Waals surface area contributed by atoms with Gasteiger partial charge in [-0.2, -0.15) is 0 Å². The molecule has 3 aromatic carbocycles. The minimum atomic E-state index is -4.23. The maximum Gasteiger partial charge on any atom is 0.264 e. The van der Waals surface area contributed by atoms with E-state index in [9.17, 15) is 18.0 Å². The molecule has 0 aromatic heterocycles. The van der Waals surface area contributed by atoms with Crippen LogP contribution in [0.2, 0.25) is 10.0 Å². The molecule has 3 aromatic rings. The first-order chi connectivity index (χ1) is 19.1. The van der Waals surface area contributed by atoms with Gasteiger partial charge in [0, 0.05) is 22.1 Å². The summed E-state index contributed by atoms with van der Waals surface area (Å²) in [6, 6.07) is 16.8. The number of nitrogens with one attached hydrogen (secondary N) is 1. The van der Waals surface area contributed by atoms with Gasteiger partial charge in [0.25, 0.3) is 10.0 Å². The molecule has 0 aliphatic rings. The van der Waals surface area contributed by atoms with Gasteiger partial charge in [-0.1, -0.05) is 53.5 Å². The van der Waals surface area contributed by atoms with Crippen LogP contribution in [0.5, 0.6) is 5.75 Å². The number of hydrogen-bond acceptors (Lipinski definition) is 5. The van der Waals surface area contributed by atoms with Crippen LogP contribution in [0.1, 0.15) is 38.8 Å². The fourth-order valence-electron chi connectivity index (χ4n) is 4.12. The van der Waals surface area contributed by atoms with E-state index < -0.39 is 40.0 Å². The molecule has 8 nitrogen and oxygen atoms in total. The first-order valence-corrected chi connectivity index (χ1v) is 15.1. The van der Waals surface area contributed by atoms with Crippen molar-refractivity contribution in [3.63, 3.8) is 0 Å². The quantitative estimate of drug-likeness (QED) is 0.308. The molecule has 0 bridgehead atoms. The summed E-state index contributed by atoms with van der Waals surface area (Å²) in [5, 5.41) is 3.62. The number of sulfonamides is 1. The molecule has 0 fully saturated rings. The Bertz CT molecular complexity index is 1510. The van der Waals surface area contributed by atoms with E-state index in [4.69, 9.17) is 27.9 Å².